The second-order valence-corrected chi connectivity index (χ2v) is 9.12. The van der Waals surface area contributed by atoms with Gasteiger partial charge in [0.1, 0.15) is 30.5 Å². The molecule has 3 aromatic heterocycles. The number of carbonyl (C=O) groups is 1. The SMILES string of the molecule is C=C(F)C(=O)N1CC=C(c2ccc3ncnc(Nc4ccc(Oc5cc6nncn6cn5)c(C)c4)c3c2)CC1. The van der Waals surface area contributed by atoms with Gasteiger partial charge in [0, 0.05) is 30.2 Å². The van der Waals surface area contributed by atoms with Crippen molar-refractivity contribution in [2.75, 3.05) is 18.4 Å². The van der Waals surface area contributed by atoms with Crippen LogP contribution in [-0.4, -0.2) is 53.4 Å². The van der Waals surface area contributed by atoms with Crippen molar-refractivity contribution in [2.24, 2.45) is 0 Å². The van der Waals surface area contributed by atoms with E-state index in [0.717, 1.165) is 33.3 Å². The van der Waals surface area contributed by atoms with Crippen LogP contribution in [0.25, 0.3) is 22.1 Å². The minimum Gasteiger partial charge on any atom is -0.439 e. The molecule has 6 rings (SSSR count). The molecular formula is C28H23FN8O2. The Hall–Kier alpha value is -5.19. The number of nitrogens with zero attached hydrogens (tertiary/aromatic N) is 7. The van der Waals surface area contributed by atoms with Gasteiger partial charge in [0.2, 0.25) is 5.88 Å². The molecule has 194 valence electrons. The predicted octanol–water partition coefficient (Wildman–Crippen LogP) is 5.01. The first-order chi connectivity index (χ1) is 18.9. The molecular weight excluding hydrogens is 499 g/mol. The van der Waals surface area contributed by atoms with Crippen LogP contribution in [0.1, 0.15) is 17.5 Å². The summed E-state index contributed by atoms with van der Waals surface area (Å²) in [5.74, 6) is 0.150. The second kappa shape index (κ2) is 9.93. The molecule has 1 N–H and O–H groups in total. The molecule has 11 heteroatoms. The van der Waals surface area contributed by atoms with Gasteiger partial charge >= 0.3 is 0 Å². The average molecular weight is 523 g/mol. The molecule has 5 aromatic rings. The Morgan fingerprint density at radius 1 is 1.10 bits per heavy atom. The van der Waals surface area contributed by atoms with Gasteiger partial charge in [-0.3, -0.25) is 9.20 Å². The Kier molecular flexibility index (Phi) is 6.16. The Morgan fingerprint density at radius 2 is 2.00 bits per heavy atom. The van der Waals surface area contributed by atoms with Crippen LogP contribution < -0.4 is 10.1 Å². The van der Waals surface area contributed by atoms with Gasteiger partial charge in [0.15, 0.2) is 11.5 Å². The zero-order valence-electron chi connectivity index (χ0n) is 21.0. The Bertz CT molecular complexity index is 1780. The van der Waals surface area contributed by atoms with Crippen molar-refractivity contribution in [2.45, 2.75) is 13.3 Å². The Labute approximate surface area is 222 Å². The average Bonchev–Trinajstić information content (AvgIpc) is 3.42. The minimum atomic E-state index is -0.940. The largest absolute Gasteiger partial charge is 0.439 e. The maximum absolute atomic E-state index is 13.2. The lowest BCUT2D eigenvalue weighted by molar-refractivity contribution is -0.128. The lowest BCUT2D eigenvalue weighted by Crippen LogP contribution is -2.34. The van der Waals surface area contributed by atoms with Gasteiger partial charge in [0.05, 0.1) is 5.52 Å². The number of aryl methyl sites for hydroxylation is 1. The molecule has 2 aromatic carbocycles. The van der Waals surface area contributed by atoms with Gasteiger partial charge in [-0.2, -0.15) is 0 Å². The van der Waals surface area contributed by atoms with E-state index in [1.54, 1.807) is 23.1 Å². The summed E-state index contributed by atoms with van der Waals surface area (Å²) in [7, 11) is 0. The summed E-state index contributed by atoms with van der Waals surface area (Å²) in [4.78, 5) is 26.5. The van der Waals surface area contributed by atoms with Crippen LogP contribution in [0.4, 0.5) is 15.9 Å². The monoisotopic (exact) mass is 522 g/mol. The van der Waals surface area contributed by atoms with Crippen molar-refractivity contribution < 1.29 is 13.9 Å². The van der Waals surface area contributed by atoms with Crippen molar-refractivity contribution in [3.63, 3.8) is 0 Å². The predicted molar refractivity (Wildman–Crippen MR) is 144 cm³/mol. The highest BCUT2D eigenvalue weighted by molar-refractivity contribution is 5.94. The van der Waals surface area contributed by atoms with E-state index in [1.807, 2.05) is 49.4 Å². The standard InChI is InChI=1S/C28H23FN8O2/c1-17-11-21(4-6-24(17)39-26-13-25-35-33-16-37(25)15-32-26)34-27-22-12-20(3-5-23(22)30-14-31-27)19-7-9-36(10-8-19)28(38)18(2)29/h3-7,11-16H,2,8-10H2,1H3,(H,30,31,34). The van der Waals surface area contributed by atoms with E-state index in [-0.39, 0.29) is 0 Å². The Morgan fingerprint density at radius 3 is 2.79 bits per heavy atom. The third-order valence-electron chi connectivity index (χ3n) is 6.55. The number of rotatable bonds is 6. The molecule has 4 heterocycles. The summed E-state index contributed by atoms with van der Waals surface area (Å²) in [6.45, 7) is 5.82. The van der Waals surface area contributed by atoms with Crippen molar-refractivity contribution in [1.82, 2.24) is 34.4 Å². The van der Waals surface area contributed by atoms with Gasteiger partial charge in [0.25, 0.3) is 5.91 Å². The van der Waals surface area contributed by atoms with E-state index in [0.29, 0.717) is 42.6 Å². The first-order valence-corrected chi connectivity index (χ1v) is 12.2. The number of nitrogens with one attached hydrogen (secondary N) is 1. The van der Waals surface area contributed by atoms with Crippen molar-refractivity contribution in [3.8, 4) is 11.6 Å². The number of hydrogen-bond acceptors (Lipinski definition) is 8. The van der Waals surface area contributed by atoms with Crippen LogP contribution >= 0.6 is 0 Å². The smallest absolute Gasteiger partial charge is 0.282 e. The zero-order chi connectivity index (χ0) is 26.9. The molecule has 1 amide bonds. The van der Waals surface area contributed by atoms with Gasteiger partial charge in [-0.1, -0.05) is 18.7 Å². The molecule has 10 nitrogen and oxygen atoms in total. The fraction of sp³-hybridized carbons (Fsp3) is 0.143. The summed E-state index contributed by atoms with van der Waals surface area (Å²) >= 11 is 0. The Balaban J connectivity index is 1.23. The first-order valence-electron chi connectivity index (χ1n) is 12.2. The molecule has 0 fully saturated rings. The highest BCUT2D eigenvalue weighted by atomic mass is 19.1. The van der Waals surface area contributed by atoms with Crippen LogP contribution in [0.15, 0.2) is 79.9 Å². The van der Waals surface area contributed by atoms with Gasteiger partial charge in [-0.05, 0) is 60.4 Å². The van der Waals surface area contributed by atoms with Gasteiger partial charge in [-0.25, -0.2) is 19.3 Å². The van der Waals surface area contributed by atoms with Crippen molar-refractivity contribution >= 4 is 39.5 Å². The van der Waals surface area contributed by atoms with Crippen LogP contribution in [0, 0.1) is 6.92 Å². The fourth-order valence-electron chi connectivity index (χ4n) is 4.50. The van der Waals surface area contributed by atoms with Gasteiger partial charge < -0.3 is 15.0 Å². The van der Waals surface area contributed by atoms with E-state index in [9.17, 15) is 9.18 Å². The number of hydrogen-bond donors (Lipinski definition) is 1. The lowest BCUT2D eigenvalue weighted by atomic mass is 9.98. The molecule has 0 aliphatic carbocycles. The highest BCUT2D eigenvalue weighted by Crippen LogP contribution is 2.31. The normalized spacial score (nSPS) is 13.4. The molecule has 0 atom stereocenters. The number of anilines is 2. The molecule has 0 saturated carbocycles. The van der Waals surface area contributed by atoms with Crippen LogP contribution in [-0.2, 0) is 4.79 Å². The van der Waals surface area contributed by atoms with E-state index in [4.69, 9.17) is 4.74 Å². The summed E-state index contributed by atoms with van der Waals surface area (Å²) in [6.07, 6.45) is 7.26. The van der Waals surface area contributed by atoms with Gasteiger partial charge in [-0.15, -0.1) is 10.2 Å². The molecule has 0 saturated heterocycles. The van der Waals surface area contributed by atoms with Crippen LogP contribution in [0.3, 0.4) is 0 Å². The van der Waals surface area contributed by atoms with Crippen molar-refractivity contribution in [1.29, 1.82) is 0 Å². The lowest BCUT2D eigenvalue weighted by Gasteiger charge is -2.26. The number of fused-ring (bicyclic) bond motifs is 2. The number of benzene rings is 2. The topological polar surface area (TPSA) is 110 Å². The summed E-state index contributed by atoms with van der Waals surface area (Å²) in [5, 5.41) is 12.1. The molecule has 39 heavy (non-hydrogen) atoms. The van der Waals surface area contributed by atoms with Crippen LogP contribution in [0.5, 0.6) is 11.6 Å². The number of ether oxygens (including phenoxy) is 1. The van der Waals surface area contributed by atoms with E-state index in [1.165, 1.54) is 11.2 Å². The number of aromatic nitrogens is 6. The summed E-state index contributed by atoms with van der Waals surface area (Å²) < 4.78 is 20.9. The molecule has 1 aliphatic heterocycles. The maximum Gasteiger partial charge on any atom is 0.282 e. The molecule has 1 aliphatic rings. The molecule has 0 radical (unpaired) electrons. The molecule has 0 bridgehead atoms. The maximum atomic E-state index is 13.2. The summed E-state index contributed by atoms with van der Waals surface area (Å²) in [6, 6.07) is 13.4. The third-order valence-corrected chi connectivity index (χ3v) is 6.55. The van der Waals surface area contributed by atoms with E-state index < -0.39 is 11.7 Å². The third kappa shape index (κ3) is 4.89. The van der Waals surface area contributed by atoms with E-state index >= 15 is 0 Å². The zero-order valence-corrected chi connectivity index (χ0v) is 21.0. The number of carbonyl (C=O) groups excluding carboxylic acids is 1. The number of amides is 1. The minimum absolute atomic E-state index is 0.335. The molecule has 0 unspecified atom stereocenters. The second-order valence-electron chi connectivity index (χ2n) is 9.12. The quantitative estimate of drug-likeness (QED) is 0.310. The number of halogens is 1. The highest BCUT2D eigenvalue weighted by Gasteiger charge is 2.20. The van der Waals surface area contributed by atoms with E-state index in [2.05, 4.69) is 37.0 Å². The molecule has 0 spiro atoms. The fourth-order valence-corrected chi connectivity index (χ4v) is 4.50. The first kappa shape index (κ1) is 24.2. The van der Waals surface area contributed by atoms with Crippen molar-refractivity contribution in [3.05, 3.63) is 91.1 Å². The summed E-state index contributed by atoms with van der Waals surface area (Å²) in [5.41, 5.74) is 5.27. The van der Waals surface area contributed by atoms with Crippen LogP contribution in [0.2, 0.25) is 0 Å².